The second kappa shape index (κ2) is 5.06. The van der Waals surface area contributed by atoms with E-state index >= 15 is 0 Å². The molecule has 0 aromatic heterocycles. The van der Waals surface area contributed by atoms with Gasteiger partial charge >= 0.3 is 0 Å². The van der Waals surface area contributed by atoms with E-state index in [0.717, 1.165) is 6.42 Å². The Morgan fingerprint density at radius 2 is 2.12 bits per heavy atom. The van der Waals surface area contributed by atoms with E-state index in [1.54, 1.807) is 31.4 Å². The summed E-state index contributed by atoms with van der Waals surface area (Å²) >= 11 is 3.27. The molecule has 6 heteroatoms. The van der Waals surface area contributed by atoms with Crippen LogP contribution in [-0.2, 0) is 14.8 Å². The number of nitrogens with zero attached hydrogens (tertiary/aromatic N) is 1. The fourth-order valence-electron chi connectivity index (χ4n) is 1.90. The SMILES string of the molecule is COC1CCN(S(=O)(=O)c2ccccc2Br)C1. The minimum atomic E-state index is -3.41. The highest BCUT2D eigenvalue weighted by molar-refractivity contribution is 9.10. The Morgan fingerprint density at radius 1 is 1.41 bits per heavy atom. The molecule has 1 atom stereocenters. The van der Waals surface area contributed by atoms with Gasteiger partial charge in [-0.15, -0.1) is 0 Å². The van der Waals surface area contributed by atoms with Crippen molar-refractivity contribution in [2.75, 3.05) is 20.2 Å². The highest BCUT2D eigenvalue weighted by Gasteiger charge is 2.33. The molecule has 4 nitrogen and oxygen atoms in total. The molecule has 0 spiro atoms. The van der Waals surface area contributed by atoms with Crippen molar-refractivity contribution in [2.24, 2.45) is 0 Å². The van der Waals surface area contributed by atoms with E-state index in [4.69, 9.17) is 4.74 Å². The van der Waals surface area contributed by atoms with Crippen LogP contribution in [0.1, 0.15) is 6.42 Å². The Balaban J connectivity index is 2.29. The number of methoxy groups -OCH3 is 1. The van der Waals surface area contributed by atoms with Crippen LogP contribution in [0.2, 0.25) is 0 Å². The lowest BCUT2D eigenvalue weighted by Gasteiger charge is -2.17. The van der Waals surface area contributed by atoms with Gasteiger partial charge in [0.05, 0.1) is 11.0 Å². The van der Waals surface area contributed by atoms with Gasteiger partial charge in [-0.1, -0.05) is 12.1 Å². The zero-order valence-corrected chi connectivity index (χ0v) is 11.9. The van der Waals surface area contributed by atoms with Crippen molar-refractivity contribution in [1.82, 2.24) is 4.31 Å². The molecule has 0 aliphatic carbocycles. The zero-order chi connectivity index (χ0) is 12.5. The van der Waals surface area contributed by atoms with Crippen molar-refractivity contribution in [3.63, 3.8) is 0 Å². The van der Waals surface area contributed by atoms with Gasteiger partial charge in [0.1, 0.15) is 0 Å². The number of halogens is 1. The summed E-state index contributed by atoms with van der Waals surface area (Å²) in [5.74, 6) is 0. The van der Waals surface area contributed by atoms with Gasteiger partial charge in [0, 0.05) is 24.7 Å². The fourth-order valence-corrected chi connectivity index (χ4v) is 4.35. The van der Waals surface area contributed by atoms with Crippen LogP contribution in [0.3, 0.4) is 0 Å². The predicted molar refractivity (Wildman–Crippen MR) is 68.3 cm³/mol. The molecule has 0 radical (unpaired) electrons. The number of rotatable bonds is 3. The monoisotopic (exact) mass is 319 g/mol. The number of sulfonamides is 1. The third kappa shape index (κ3) is 2.54. The summed E-state index contributed by atoms with van der Waals surface area (Å²) in [6.07, 6.45) is 0.757. The van der Waals surface area contributed by atoms with Crippen LogP contribution in [0.15, 0.2) is 33.6 Å². The summed E-state index contributed by atoms with van der Waals surface area (Å²) < 4.78 is 32.0. The Labute approximate surface area is 110 Å². The summed E-state index contributed by atoms with van der Waals surface area (Å²) in [5.41, 5.74) is 0. The molecule has 1 heterocycles. The number of hydrogen-bond donors (Lipinski definition) is 0. The van der Waals surface area contributed by atoms with Gasteiger partial charge in [-0.05, 0) is 34.5 Å². The quantitative estimate of drug-likeness (QED) is 0.854. The Kier molecular flexibility index (Phi) is 3.87. The maximum absolute atomic E-state index is 12.4. The molecule has 1 aliphatic rings. The van der Waals surface area contributed by atoms with E-state index in [2.05, 4.69) is 15.9 Å². The Hall–Kier alpha value is -0.430. The first kappa shape index (κ1) is 13.0. The standard InChI is InChI=1S/C11H14BrNO3S/c1-16-9-6-7-13(8-9)17(14,15)11-5-3-2-4-10(11)12/h2-5,9H,6-8H2,1H3. The van der Waals surface area contributed by atoms with E-state index < -0.39 is 10.0 Å². The van der Waals surface area contributed by atoms with Gasteiger partial charge in [-0.3, -0.25) is 0 Å². The van der Waals surface area contributed by atoms with Crippen molar-refractivity contribution in [3.8, 4) is 0 Å². The minimum Gasteiger partial charge on any atom is -0.380 e. The van der Waals surface area contributed by atoms with Crippen LogP contribution in [0, 0.1) is 0 Å². The van der Waals surface area contributed by atoms with E-state index in [0.29, 0.717) is 22.5 Å². The lowest BCUT2D eigenvalue weighted by Crippen LogP contribution is -2.30. The molecule has 17 heavy (non-hydrogen) atoms. The second-order valence-electron chi connectivity index (χ2n) is 3.94. The van der Waals surface area contributed by atoms with Crippen LogP contribution >= 0.6 is 15.9 Å². The van der Waals surface area contributed by atoms with E-state index in [1.165, 1.54) is 4.31 Å². The summed E-state index contributed by atoms with van der Waals surface area (Å²) in [4.78, 5) is 0.316. The molecule has 0 bridgehead atoms. The molecule has 1 saturated heterocycles. The van der Waals surface area contributed by atoms with E-state index in [9.17, 15) is 8.42 Å². The molecular weight excluding hydrogens is 306 g/mol. The maximum atomic E-state index is 12.4. The average molecular weight is 320 g/mol. The smallest absolute Gasteiger partial charge is 0.244 e. The minimum absolute atomic E-state index is 0.00672. The van der Waals surface area contributed by atoms with Crippen molar-refractivity contribution in [3.05, 3.63) is 28.7 Å². The van der Waals surface area contributed by atoms with Crippen molar-refractivity contribution in [2.45, 2.75) is 17.4 Å². The third-order valence-electron chi connectivity index (χ3n) is 2.90. The molecule has 1 aliphatic heterocycles. The highest BCUT2D eigenvalue weighted by Crippen LogP contribution is 2.27. The number of ether oxygens (including phenoxy) is 1. The lowest BCUT2D eigenvalue weighted by atomic mass is 10.3. The summed E-state index contributed by atoms with van der Waals surface area (Å²) in [5, 5.41) is 0. The zero-order valence-electron chi connectivity index (χ0n) is 9.47. The molecule has 2 rings (SSSR count). The molecule has 0 saturated carbocycles. The molecule has 0 N–H and O–H groups in total. The topological polar surface area (TPSA) is 46.6 Å². The molecule has 94 valence electrons. The highest BCUT2D eigenvalue weighted by atomic mass is 79.9. The molecule has 0 amide bonds. The van der Waals surface area contributed by atoms with Gasteiger partial charge in [0.2, 0.25) is 10.0 Å². The molecule has 1 aromatic rings. The van der Waals surface area contributed by atoms with E-state index in [-0.39, 0.29) is 6.10 Å². The molecule has 1 unspecified atom stereocenters. The van der Waals surface area contributed by atoms with Gasteiger partial charge in [-0.25, -0.2) is 8.42 Å². The van der Waals surface area contributed by atoms with Crippen LogP contribution < -0.4 is 0 Å². The van der Waals surface area contributed by atoms with Gasteiger partial charge in [0.25, 0.3) is 0 Å². The first-order chi connectivity index (χ1) is 8.05. The lowest BCUT2D eigenvalue weighted by molar-refractivity contribution is 0.115. The average Bonchev–Trinajstić information content (AvgIpc) is 2.78. The summed E-state index contributed by atoms with van der Waals surface area (Å²) in [6.45, 7) is 0.947. The number of benzene rings is 1. The first-order valence-electron chi connectivity index (χ1n) is 5.33. The largest absolute Gasteiger partial charge is 0.380 e. The first-order valence-corrected chi connectivity index (χ1v) is 7.56. The summed E-state index contributed by atoms with van der Waals surface area (Å²) in [7, 11) is -1.80. The van der Waals surface area contributed by atoms with Crippen molar-refractivity contribution >= 4 is 26.0 Å². The second-order valence-corrected chi connectivity index (χ2v) is 6.70. The van der Waals surface area contributed by atoms with Crippen LogP contribution in [0.4, 0.5) is 0 Å². The van der Waals surface area contributed by atoms with Crippen molar-refractivity contribution in [1.29, 1.82) is 0 Å². The van der Waals surface area contributed by atoms with Crippen LogP contribution in [0.25, 0.3) is 0 Å². The summed E-state index contributed by atoms with van der Waals surface area (Å²) in [6, 6.07) is 6.86. The van der Waals surface area contributed by atoms with E-state index in [1.807, 2.05) is 0 Å². The predicted octanol–water partition coefficient (Wildman–Crippen LogP) is 1.86. The van der Waals surface area contributed by atoms with Crippen LogP contribution in [-0.4, -0.2) is 39.0 Å². The number of hydrogen-bond acceptors (Lipinski definition) is 3. The van der Waals surface area contributed by atoms with Gasteiger partial charge in [-0.2, -0.15) is 4.31 Å². The Bertz CT molecular complexity index is 503. The molecular formula is C11H14BrNO3S. The maximum Gasteiger partial charge on any atom is 0.244 e. The Morgan fingerprint density at radius 3 is 2.71 bits per heavy atom. The van der Waals surface area contributed by atoms with Gasteiger partial charge < -0.3 is 4.74 Å². The molecule has 1 fully saturated rings. The third-order valence-corrected chi connectivity index (χ3v) is 5.77. The molecule has 1 aromatic carbocycles. The van der Waals surface area contributed by atoms with Crippen molar-refractivity contribution < 1.29 is 13.2 Å². The fraction of sp³-hybridized carbons (Fsp3) is 0.455. The van der Waals surface area contributed by atoms with Gasteiger partial charge in [0.15, 0.2) is 0 Å². The normalized spacial score (nSPS) is 21.9. The van der Waals surface area contributed by atoms with Crippen LogP contribution in [0.5, 0.6) is 0 Å².